The van der Waals surface area contributed by atoms with Crippen molar-refractivity contribution in [3.63, 3.8) is 0 Å². The molecular formula is C19H25FN4. The van der Waals surface area contributed by atoms with E-state index in [0.29, 0.717) is 30.5 Å². The number of aromatic nitrogens is 2. The summed E-state index contributed by atoms with van der Waals surface area (Å²) in [6, 6.07) is 9.27. The topological polar surface area (TPSA) is 49.8 Å². The molecule has 0 atom stereocenters. The van der Waals surface area contributed by atoms with Crippen LogP contribution in [0.5, 0.6) is 0 Å². The van der Waals surface area contributed by atoms with E-state index >= 15 is 0 Å². The maximum atomic E-state index is 13.6. The quantitative estimate of drug-likeness (QED) is 0.772. The maximum Gasteiger partial charge on any atom is 0.224 e. The van der Waals surface area contributed by atoms with Crippen LogP contribution in [0.1, 0.15) is 44.1 Å². The number of rotatable bonds is 6. The Morgan fingerprint density at radius 3 is 2.62 bits per heavy atom. The number of halogens is 1. The second kappa shape index (κ2) is 8.62. The van der Waals surface area contributed by atoms with Gasteiger partial charge in [0.05, 0.1) is 0 Å². The summed E-state index contributed by atoms with van der Waals surface area (Å²) in [5.41, 5.74) is 0.706. The van der Waals surface area contributed by atoms with Crippen molar-refractivity contribution in [2.45, 2.75) is 51.0 Å². The van der Waals surface area contributed by atoms with E-state index in [9.17, 15) is 4.39 Å². The van der Waals surface area contributed by atoms with Gasteiger partial charge in [-0.25, -0.2) is 9.37 Å². The molecule has 0 saturated heterocycles. The number of nitrogens with zero attached hydrogens (tertiary/aromatic N) is 2. The van der Waals surface area contributed by atoms with Crippen LogP contribution in [-0.4, -0.2) is 22.6 Å². The van der Waals surface area contributed by atoms with Crippen molar-refractivity contribution in [2.75, 3.05) is 17.2 Å². The third-order valence-corrected chi connectivity index (χ3v) is 4.50. The average molecular weight is 328 g/mol. The number of anilines is 2. The average Bonchev–Trinajstić information content (AvgIpc) is 2.86. The number of nitrogens with one attached hydrogen (secondary N) is 2. The highest BCUT2D eigenvalue weighted by Gasteiger charge is 2.12. The molecule has 0 radical (unpaired) electrons. The molecular weight excluding hydrogens is 303 g/mol. The van der Waals surface area contributed by atoms with Gasteiger partial charge < -0.3 is 10.6 Å². The predicted octanol–water partition coefficient (Wildman–Crippen LogP) is 4.41. The first-order valence-corrected chi connectivity index (χ1v) is 8.88. The van der Waals surface area contributed by atoms with Gasteiger partial charge in [-0.15, -0.1) is 0 Å². The summed E-state index contributed by atoms with van der Waals surface area (Å²) < 4.78 is 13.6. The Morgan fingerprint density at radius 1 is 1.04 bits per heavy atom. The highest BCUT2D eigenvalue weighted by molar-refractivity contribution is 5.40. The van der Waals surface area contributed by atoms with Crippen LogP contribution in [0.4, 0.5) is 16.2 Å². The monoisotopic (exact) mass is 328 g/mol. The molecule has 4 nitrogen and oxygen atoms in total. The zero-order valence-electron chi connectivity index (χ0n) is 14.0. The molecule has 2 N–H and O–H groups in total. The molecule has 1 heterocycles. The Labute approximate surface area is 142 Å². The SMILES string of the molecule is Fc1ccccc1CCNc1nccc(NC2CCCCCC2)n1. The van der Waals surface area contributed by atoms with Gasteiger partial charge in [-0.2, -0.15) is 4.98 Å². The predicted molar refractivity (Wildman–Crippen MR) is 95.7 cm³/mol. The molecule has 0 bridgehead atoms. The molecule has 1 aliphatic rings. The standard InChI is InChI=1S/C19H25FN4/c20-17-10-6-5-7-15(17)11-13-21-19-22-14-12-18(24-19)23-16-8-3-1-2-4-9-16/h5-7,10,12,14,16H,1-4,8-9,11,13H2,(H2,21,22,23,24). The van der Waals surface area contributed by atoms with E-state index in [1.54, 1.807) is 12.3 Å². The van der Waals surface area contributed by atoms with E-state index in [1.165, 1.54) is 44.6 Å². The molecule has 2 aromatic rings. The van der Waals surface area contributed by atoms with Crippen LogP contribution in [0.25, 0.3) is 0 Å². The van der Waals surface area contributed by atoms with Crippen LogP contribution in [0.3, 0.4) is 0 Å². The summed E-state index contributed by atoms with van der Waals surface area (Å²) in [5, 5.41) is 6.71. The van der Waals surface area contributed by atoms with Crippen molar-refractivity contribution in [1.29, 1.82) is 0 Å². The minimum Gasteiger partial charge on any atom is -0.367 e. The van der Waals surface area contributed by atoms with E-state index in [-0.39, 0.29) is 5.82 Å². The molecule has 0 unspecified atom stereocenters. The lowest BCUT2D eigenvalue weighted by Crippen LogP contribution is -2.19. The molecule has 3 rings (SSSR count). The lowest BCUT2D eigenvalue weighted by molar-refractivity contribution is 0.610. The zero-order valence-corrected chi connectivity index (χ0v) is 14.0. The maximum absolute atomic E-state index is 13.6. The highest BCUT2D eigenvalue weighted by Crippen LogP contribution is 2.20. The van der Waals surface area contributed by atoms with Crippen LogP contribution in [0, 0.1) is 5.82 Å². The molecule has 1 aromatic carbocycles. The van der Waals surface area contributed by atoms with Crippen LogP contribution >= 0.6 is 0 Å². The van der Waals surface area contributed by atoms with Crippen molar-refractivity contribution >= 4 is 11.8 Å². The van der Waals surface area contributed by atoms with E-state index in [4.69, 9.17) is 0 Å². The Balaban J connectivity index is 1.52. The molecule has 1 fully saturated rings. The third kappa shape index (κ3) is 4.91. The summed E-state index contributed by atoms with van der Waals surface area (Å²) in [4.78, 5) is 8.77. The Hall–Kier alpha value is -2.17. The number of hydrogen-bond acceptors (Lipinski definition) is 4. The third-order valence-electron chi connectivity index (χ3n) is 4.50. The molecule has 0 aliphatic heterocycles. The van der Waals surface area contributed by atoms with Gasteiger partial charge in [-0.05, 0) is 37.0 Å². The summed E-state index contributed by atoms with van der Waals surface area (Å²) in [6.07, 6.45) is 10.0. The Morgan fingerprint density at radius 2 is 1.83 bits per heavy atom. The van der Waals surface area contributed by atoms with Crippen molar-refractivity contribution in [3.8, 4) is 0 Å². The van der Waals surface area contributed by atoms with Crippen molar-refractivity contribution in [3.05, 3.63) is 47.9 Å². The van der Waals surface area contributed by atoms with Crippen LogP contribution < -0.4 is 10.6 Å². The van der Waals surface area contributed by atoms with Gasteiger partial charge in [0.1, 0.15) is 11.6 Å². The van der Waals surface area contributed by atoms with Crippen LogP contribution in [0.15, 0.2) is 36.5 Å². The summed E-state index contributed by atoms with van der Waals surface area (Å²) in [5.74, 6) is 1.29. The lowest BCUT2D eigenvalue weighted by atomic mass is 10.1. The molecule has 0 amide bonds. The Kier molecular flexibility index (Phi) is 5.99. The second-order valence-corrected chi connectivity index (χ2v) is 6.37. The largest absolute Gasteiger partial charge is 0.367 e. The zero-order chi connectivity index (χ0) is 16.6. The highest BCUT2D eigenvalue weighted by atomic mass is 19.1. The van der Waals surface area contributed by atoms with Crippen molar-refractivity contribution in [2.24, 2.45) is 0 Å². The molecule has 1 saturated carbocycles. The van der Waals surface area contributed by atoms with Gasteiger partial charge in [0, 0.05) is 18.8 Å². The second-order valence-electron chi connectivity index (χ2n) is 6.37. The fourth-order valence-electron chi connectivity index (χ4n) is 3.17. The van der Waals surface area contributed by atoms with E-state index < -0.39 is 0 Å². The summed E-state index contributed by atoms with van der Waals surface area (Å²) in [6.45, 7) is 0.605. The number of benzene rings is 1. The summed E-state index contributed by atoms with van der Waals surface area (Å²) >= 11 is 0. The van der Waals surface area contributed by atoms with Gasteiger partial charge in [0.25, 0.3) is 0 Å². The molecule has 5 heteroatoms. The van der Waals surface area contributed by atoms with Gasteiger partial charge in [-0.1, -0.05) is 43.9 Å². The normalized spacial score (nSPS) is 15.7. The first-order chi connectivity index (χ1) is 11.8. The van der Waals surface area contributed by atoms with Gasteiger partial charge in [-0.3, -0.25) is 0 Å². The van der Waals surface area contributed by atoms with E-state index in [2.05, 4.69) is 20.6 Å². The van der Waals surface area contributed by atoms with Gasteiger partial charge in [0.2, 0.25) is 5.95 Å². The summed E-state index contributed by atoms with van der Waals surface area (Å²) in [7, 11) is 0. The lowest BCUT2D eigenvalue weighted by Gasteiger charge is -2.17. The Bertz CT molecular complexity index is 639. The molecule has 1 aromatic heterocycles. The van der Waals surface area contributed by atoms with E-state index in [1.807, 2.05) is 18.2 Å². The molecule has 0 spiro atoms. The minimum absolute atomic E-state index is 0.163. The van der Waals surface area contributed by atoms with Crippen molar-refractivity contribution in [1.82, 2.24) is 9.97 Å². The van der Waals surface area contributed by atoms with E-state index in [0.717, 1.165) is 5.82 Å². The number of hydrogen-bond donors (Lipinski definition) is 2. The molecule has 128 valence electrons. The first kappa shape index (κ1) is 16.7. The minimum atomic E-state index is -0.163. The molecule has 1 aliphatic carbocycles. The van der Waals surface area contributed by atoms with Crippen LogP contribution in [-0.2, 0) is 6.42 Å². The van der Waals surface area contributed by atoms with Crippen LogP contribution in [0.2, 0.25) is 0 Å². The van der Waals surface area contributed by atoms with Gasteiger partial charge >= 0.3 is 0 Å². The smallest absolute Gasteiger partial charge is 0.224 e. The first-order valence-electron chi connectivity index (χ1n) is 8.88. The fourth-order valence-corrected chi connectivity index (χ4v) is 3.17. The fraction of sp³-hybridized carbons (Fsp3) is 0.474. The van der Waals surface area contributed by atoms with Gasteiger partial charge in [0.15, 0.2) is 0 Å². The molecule has 24 heavy (non-hydrogen) atoms. The van der Waals surface area contributed by atoms with Crippen molar-refractivity contribution < 1.29 is 4.39 Å².